The van der Waals surface area contributed by atoms with Gasteiger partial charge in [0.15, 0.2) is 12.4 Å². The number of ether oxygens (including phenoxy) is 1. The van der Waals surface area contributed by atoms with E-state index in [0.717, 1.165) is 0 Å². The van der Waals surface area contributed by atoms with Crippen LogP contribution >= 0.6 is 0 Å². The van der Waals surface area contributed by atoms with Crippen LogP contribution in [0.15, 0.2) is 34.7 Å². The average molecular weight is 405 g/mol. The third kappa shape index (κ3) is 3.84. The number of hydrogen-bond donors (Lipinski definition) is 1. The van der Waals surface area contributed by atoms with Gasteiger partial charge in [-0.25, -0.2) is 4.79 Å². The number of benzene rings is 1. The quantitative estimate of drug-likeness (QED) is 0.703. The Morgan fingerprint density at radius 2 is 2.04 bits per heavy atom. The molecule has 0 bridgehead atoms. The van der Waals surface area contributed by atoms with Crippen molar-refractivity contribution in [2.24, 2.45) is 0 Å². The Kier molecular flexibility index (Phi) is 5.64. The van der Waals surface area contributed by atoms with Gasteiger partial charge in [-0.3, -0.25) is 13.8 Å². The molecule has 8 nitrogen and oxygen atoms in total. The zero-order valence-corrected chi connectivity index (χ0v) is 16.2. The van der Waals surface area contributed by atoms with Crippen molar-refractivity contribution in [3.8, 4) is 5.75 Å². The van der Waals surface area contributed by atoms with Crippen molar-refractivity contribution in [3.05, 3.63) is 47.4 Å². The molecule has 2 unspecified atom stereocenters. The predicted molar refractivity (Wildman–Crippen MR) is 101 cm³/mol. The summed E-state index contributed by atoms with van der Waals surface area (Å²) in [6.07, 6.45) is 0. The van der Waals surface area contributed by atoms with E-state index in [1.807, 2.05) is 6.92 Å². The summed E-state index contributed by atoms with van der Waals surface area (Å²) in [5.74, 6) is -1.32. The van der Waals surface area contributed by atoms with E-state index in [-0.39, 0.29) is 35.6 Å². The summed E-state index contributed by atoms with van der Waals surface area (Å²) in [6.45, 7) is 3.76. The third-order valence-electron chi connectivity index (χ3n) is 4.42. The first-order valence-electron chi connectivity index (χ1n) is 8.62. The summed E-state index contributed by atoms with van der Waals surface area (Å²) in [5, 5.41) is 8.03. The highest BCUT2D eigenvalue weighted by Gasteiger charge is 2.28. The van der Waals surface area contributed by atoms with Crippen LogP contribution in [-0.4, -0.2) is 45.4 Å². The van der Waals surface area contributed by atoms with Crippen molar-refractivity contribution in [1.29, 1.82) is 0 Å². The Labute approximate surface area is 163 Å². The van der Waals surface area contributed by atoms with Crippen LogP contribution in [0.5, 0.6) is 5.75 Å². The van der Waals surface area contributed by atoms with Crippen molar-refractivity contribution in [1.82, 2.24) is 0 Å². The van der Waals surface area contributed by atoms with E-state index < -0.39 is 22.0 Å². The van der Waals surface area contributed by atoms with Gasteiger partial charge in [0.05, 0.1) is 16.7 Å². The molecular formula is C19H19NO7S. The Bertz CT molecular complexity index is 965. The Morgan fingerprint density at radius 1 is 1.29 bits per heavy atom. The third-order valence-corrected chi connectivity index (χ3v) is 5.99. The van der Waals surface area contributed by atoms with Gasteiger partial charge in [0.25, 0.3) is 5.91 Å². The maximum absolute atomic E-state index is 12.8. The molecule has 28 heavy (non-hydrogen) atoms. The van der Waals surface area contributed by atoms with Crippen LogP contribution in [0.1, 0.15) is 40.5 Å². The highest BCUT2D eigenvalue weighted by Crippen LogP contribution is 2.33. The number of fused-ring (bicyclic) bond motifs is 1. The molecule has 1 aliphatic heterocycles. The van der Waals surface area contributed by atoms with Crippen LogP contribution in [-0.2, 0) is 21.3 Å². The summed E-state index contributed by atoms with van der Waals surface area (Å²) >= 11 is 0. The highest BCUT2D eigenvalue weighted by molar-refractivity contribution is 7.85. The lowest BCUT2D eigenvalue weighted by Gasteiger charge is -2.28. The second-order valence-electron chi connectivity index (χ2n) is 6.21. The number of furan rings is 1. The Hall–Kier alpha value is -2.94. The normalized spacial score (nSPS) is 15.5. The summed E-state index contributed by atoms with van der Waals surface area (Å²) in [5.41, 5.74) is 0.835. The molecule has 2 aromatic rings. The number of carbonyl (C=O) groups excluding carboxylic acids is 2. The molecular weight excluding hydrogens is 386 g/mol. The van der Waals surface area contributed by atoms with Gasteiger partial charge in [-0.05, 0) is 44.2 Å². The van der Waals surface area contributed by atoms with Crippen LogP contribution in [0.4, 0.5) is 5.69 Å². The SMILES string of the molecule is CCN1C(=O)COc2ccc(C(=O)C(C)S(=O)Cc3ccc(C(=O)O)o3)cc21. The minimum Gasteiger partial charge on any atom is -0.482 e. The molecule has 3 rings (SSSR count). The molecule has 0 aliphatic carbocycles. The zero-order valence-electron chi connectivity index (χ0n) is 15.3. The van der Waals surface area contributed by atoms with E-state index in [9.17, 15) is 18.6 Å². The van der Waals surface area contributed by atoms with Gasteiger partial charge in [0.1, 0.15) is 11.5 Å². The standard InChI is InChI=1S/C19H19NO7S/c1-3-20-14-8-12(4-6-15(14)26-9-17(20)21)18(22)11(2)28(25)10-13-5-7-16(27-13)19(23)24/h4-8,11H,3,9-10H2,1-2H3,(H,23,24). The summed E-state index contributed by atoms with van der Waals surface area (Å²) in [4.78, 5) is 37.2. The number of carboxylic acid groups (broad SMARTS) is 1. The molecule has 1 aromatic carbocycles. The van der Waals surface area contributed by atoms with Crippen LogP contribution in [0.3, 0.4) is 0 Å². The molecule has 0 radical (unpaired) electrons. The number of Topliss-reactive ketones (excluding diaryl/α,β-unsaturated/α-hetero) is 1. The van der Waals surface area contributed by atoms with Gasteiger partial charge in [-0.1, -0.05) is 0 Å². The molecule has 1 aliphatic rings. The number of rotatable bonds is 7. The first kappa shape index (κ1) is 19.8. The maximum atomic E-state index is 12.8. The number of likely N-dealkylation sites (N-methyl/N-ethyl adjacent to an activating group) is 1. The molecule has 1 aromatic heterocycles. The summed E-state index contributed by atoms with van der Waals surface area (Å²) < 4.78 is 23.1. The number of aromatic carboxylic acids is 1. The topological polar surface area (TPSA) is 114 Å². The van der Waals surface area contributed by atoms with E-state index in [1.54, 1.807) is 18.2 Å². The lowest BCUT2D eigenvalue weighted by molar-refractivity contribution is -0.121. The lowest BCUT2D eigenvalue weighted by atomic mass is 10.1. The molecule has 2 heterocycles. The summed E-state index contributed by atoms with van der Waals surface area (Å²) in [7, 11) is -1.61. The number of carbonyl (C=O) groups is 3. The molecule has 1 amide bonds. The second kappa shape index (κ2) is 7.97. The highest BCUT2D eigenvalue weighted by atomic mass is 32.2. The van der Waals surface area contributed by atoms with E-state index in [1.165, 1.54) is 24.0 Å². The molecule has 2 atom stereocenters. The fourth-order valence-electron chi connectivity index (χ4n) is 2.89. The molecule has 1 N–H and O–H groups in total. The molecule has 0 saturated heterocycles. The number of anilines is 1. The van der Waals surface area contributed by atoms with Crippen molar-refractivity contribution < 1.29 is 32.9 Å². The van der Waals surface area contributed by atoms with E-state index in [2.05, 4.69) is 0 Å². The molecule has 0 fully saturated rings. The monoisotopic (exact) mass is 405 g/mol. The van der Waals surface area contributed by atoms with Gasteiger partial charge < -0.3 is 19.2 Å². The summed E-state index contributed by atoms with van der Waals surface area (Å²) in [6, 6.07) is 7.48. The predicted octanol–water partition coefficient (Wildman–Crippen LogP) is 2.24. The van der Waals surface area contributed by atoms with Gasteiger partial charge in [0.2, 0.25) is 5.76 Å². The average Bonchev–Trinajstić information content (AvgIpc) is 3.15. The van der Waals surface area contributed by atoms with E-state index in [4.69, 9.17) is 14.3 Å². The van der Waals surface area contributed by atoms with Crippen LogP contribution in [0.2, 0.25) is 0 Å². The van der Waals surface area contributed by atoms with Gasteiger partial charge in [-0.2, -0.15) is 0 Å². The van der Waals surface area contributed by atoms with Crippen LogP contribution in [0, 0.1) is 0 Å². The van der Waals surface area contributed by atoms with E-state index >= 15 is 0 Å². The largest absolute Gasteiger partial charge is 0.482 e. The first-order chi connectivity index (χ1) is 13.3. The number of amides is 1. The number of carboxylic acids is 1. The number of nitrogens with zero attached hydrogens (tertiary/aromatic N) is 1. The van der Waals surface area contributed by atoms with E-state index in [0.29, 0.717) is 23.5 Å². The fourth-order valence-corrected chi connectivity index (χ4v) is 3.95. The zero-order chi connectivity index (χ0) is 20.4. The minimum absolute atomic E-state index is 0.0456. The Morgan fingerprint density at radius 3 is 2.68 bits per heavy atom. The maximum Gasteiger partial charge on any atom is 0.371 e. The van der Waals surface area contributed by atoms with Gasteiger partial charge >= 0.3 is 5.97 Å². The van der Waals surface area contributed by atoms with Crippen LogP contribution < -0.4 is 9.64 Å². The van der Waals surface area contributed by atoms with Crippen molar-refractivity contribution in [2.75, 3.05) is 18.1 Å². The first-order valence-corrected chi connectivity index (χ1v) is 10.0. The number of ketones is 1. The van der Waals surface area contributed by atoms with Crippen molar-refractivity contribution >= 4 is 34.1 Å². The minimum atomic E-state index is -1.61. The fraction of sp³-hybridized carbons (Fsp3) is 0.316. The molecule has 148 valence electrons. The number of hydrogen-bond acceptors (Lipinski definition) is 6. The Balaban J connectivity index is 1.77. The van der Waals surface area contributed by atoms with Crippen molar-refractivity contribution in [2.45, 2.75) is 24.9 Å². The van der Waals surface area contributed by atoms with Gasteiger partial charge in [0, 0.05) is 22.9 Å². The second-order valence-corrected chi connectivity index (χ2v) is 7.97. The molecule has 9 heteroatoms. The molecule has 0 spiro atoms. The molecule has 0 saturated carbocycles. The lowest BCUT2D eigenvalue weighted by Crippen LogP contribution is -2.38. The van der Waals surface area contributed by atoms with Crippen LogP contribution in [0.25, 0.3) is 0 Å². The van der Waals surface area contributed by atoms with Crippen molar-refractivity contribution in [3.63, 3.8) is 0 Å². The smallest absolute Gasteiger partial charge is 0.371 e. The van der Waals surface area contributed by atoms with Gasteiger partial charge in [-0.15, -0.1) is 0 Å².